The summed E-state index contributed by atoms with van der Waals surface area (Å²) < 4.78 is 0. The molecule has 0 bridgehead atoms. The Bertz CT molecular complexity index is 294. The van der Waals surface area contributed by atoms with Gasteiger partial charge in [-0.25, -0.2) is 4.98 Å². The molecule has 0 spiro atoms. The maximum atomic E-state index is 11.2. The summed E-state index contributed by atoms with van der Waals surface area (Å²) >= 11 is 1.66. The molecule has 4 heteroatoms. The Balaban J connectivity index is 2.90. The van der Waals surface area contributed by atoms with Crippen molar-refractivity contribution >= 4 is 11.8 Å². The molecule has 0 amide bonds. The van der Waals surface area contributed by atoms with Gasteiger partial charge in [-0.3, -0.25) is 4.79 Å². The Morgan fingerprint density at radius 2 is 2.38 bits per heavy atom. The molecule has 0 aromatic carbocycles. The fourth-order valence-corrected chi connectivity index (χ4v) is 1.56. The van der Waals surface area contributed by atoms with Gasteiger partial charge in [0.15, 0.2) is 0 Å². The zero-order chi connectivity index (χ0) is 9.68. The van der Waals surface area contributed by atoms with Crippen LogP contribution in [0.1, 0.15) is 24.9 Å². The number of H-pyrrole nitrogens is 1. The van der Waals surface area contributed by atoms with Crippen LogP contribution in [0.3, 0.4) is 0 Å². The van der Waals surface area contributed by atoms with Gasteiger partial charge in [0.25, 0.3) is 5.56 Å². The molecule has 1 rings (SSSR count). The number of rotatable bonds is 4. The second kappa shape index (κ2) is 5.07. The van der Waals surface area contributed by atoms with Crippen LogP contribution < -0.4 is 5.56 Å². The summed E-state index contributed by atoms with van der Waals surface area (Å²) in [6, 6.07) is 1.58. The summed E-state index contributed by atoms with van der Waals surface area (Å²) in [5.74, 6) is 1.55. The first-order valence-electron chi connectivity index (χ1n) is 4.34. The van der Waals surface area contributed by atoms with Gasteiger partial charge in [-0.05, 0) is 12.7 Å². The van der Waals surface area contributed by atoms with E-state index in [1.54, 1.807) is 17.8 Å². The SMILES string of the molecule is CCCc1cc(=O)[nH]c(CSC)n1. The zero-order valence-electron chi connectivity index (χ0n) is 7.96. The van der Waals surface area contributed by atoms with Gasteiger partial charge >= 0.3 is 0 Å². The number of aromatic amines is 1. The summed E-state index contributed by atoms with van der Waals surface area (Å²) in [6.45, 7) is 2.08. The van der Waals surface area contributed by atoms with Gasteiger partial charge in [-0.1, -0.05) is 13.3 Å². The second-order valence-corrected chi connectivity index (χ2v) is 3.73. The molecule has 1 aromatic heterocycles. The van der Waals surface area contributed by atoms with Crippen molar-refractivity contribution in [2.45, 2.75) is 25.5 Å². The van der Waals surface area contributed by atoms with E-state index in [4.69, 9.17) is 0 Å². The Morgan fingerprint density at radius 3 is 3.00 bits per heavy atom. The lowest BCUT2D eigenvalue weighted by Gasteiger charge is -2.00. The van der Waals surface area contributed by atoms with Gasteiger partial charge in [0.2, 0.25) is 0 Å². The molecule has 3 nitrogen and oxygen atoms in total. The van der Waals surface area contributed by atoms with Gasteiger partial charge in [0.1, 0.15) is 5.82 Å². The number of hydrogen-bond donors (Lipinski definition) is 1. The molecule has 1 heterocycles. The molecule has 0 aliphatic heterocycles. The molecule has 1 aromatic rings. The average Bonchev–Trinajstić information content (AvgIpc) is 2.04. The maximum Gasteiger partial charge on any atom is 0.251 e. The first kappa shape index (κ1) is 10.3. The number of nitrogens with zero attached hydrogens (tertiary/aromatic N) is 1. The number of hydrogen-bond acceptors (Lipinski definition) is 3. The molecule has 13 heavy (non-hydrogen) atoms. The van der Waals surface area contributed by atoms with Crippen molar-refractivity contribution in [1.82, 2.24) is 9.97 Å². The van der Waals surface area contributed by atoms with Crippen molar-refractivity contribution in [1.29, 1.82) is 0 Å². The van der Waals surface area contributed by atoms with Gasteiger partial charge < -0.3 is 4.98 Å². The van der Waals surface area contributed by atoms with E-state index in [0.717, 1.165) is 30.1 Å². The number of aryl methyl sites for hydroxylation is 1. The van der Waals surface area contributed by atoms with E-state index in [0.29, 0.717) is 0 Å². The highest BCUT2D eigenvalue weighted by Crippen LogP contribution is 2.03. The molecule has 0 aliphatic rings. The highest BCUT2D eigenvalue weighted by molar-refractivity contribution is 7.97. The molecule has 0 radical (unpaired) electrons. The minimum Gasteiger partial charge on any atom is -0.310 e. The molecule has 0 unspecified atom stereocenters. The first-order chi connectivity index (χ1) is 6.26. The molecule has 0 atom stereocenters. The summed E-state index contributed by atoms with van der Waals surface area (Å²) in [7, 11) is 0. The Morgan fingerprint density at radius 1 is 1.62 bits per heavy atom. The van der Waals surface area contributed by atoms with Crippen LogP contribution in [0.25, 0.3) is 0 Å². The lowest BCUT2D eigenvalue weighted by molar-refractivity contribution is 0.845. The minimum absolute atomic E-state index is 0.0394. The third-order valence-electron chi connectivity index (χ3n) is 1.63. The van der Waals surface area contributed by atoms with Crippen molar-refractivity contribution in [2.75, 3.05) is 6.26 Å². The van der Waals surface area contributed by atoms with Crippen LogP contribution in [-0.2, 0) is 12.2 Å². The summed E-state index contributed by atoms with van der Waals surface area (Å²) in [6.07, 6.45) is 3.90. The van der Waals surface area contributed by atoms with Crippen molar-refractivity contribution in [3.05, 3.63) is 27.9 Å². The van der Waals surface area contributed by atoms with Gasteiger partial charge in [-0.15, -0.1) is 0 Å². The van der Waals surface area contributed by atoms with Crippen molar-refractivity contribution in [2.24, 2.45) is 0 Å². The van der Waals surface area contributed by atoms with Crippen LogP contribution in [0.4, 0.5) is 0 Å². The zero-order valence-corrected chi connectivity index (χ0v) is 8.78. The van der Waals surface area contributed by atoms with E-state index in [-0.39, 0.29) is 5.56 Å². The first-order valence-corrected chi connectivity index (χ1v) is 5.73. The quantitative estimate of drug-likeness (QED) is 0.799. The van der Waals surface area contributed by atoms with Crippen LogP contribution in [0.15, 0.2) is 10.9 Å². The molecular weight excluding hydrogens is 184 g/mol. The van der Waals surface area contributed by atoms with E-state index in [1.165, 1.54) is 0 Å². The molecule has 0 saturated heterocycles. The third-order valence-corrected chi connectivity index (χ3v) is 2.19. The van der Waals surface area contributed by atoms with Crippen molar-refractivity contribution in [3.63, 3.8) is 0 Å². The van der Waals surface area contributed by atoms with Crippen LogP contribution in [-0.4, -0.2) is 16.2 Å². The maximum absolute atomic E-state index is 11.2. The fourth-order valence-electron chi connectivity index (χ4n) is 1.15. The molecule has 0 fully saturated rings. The van der Waals surface area contributed by atoms with Crippen molar-refractivity contribution in [3.8, 4) is 0 Å². The topological polar surface area (TPSA) is 45.8 Å². The van der Waals surface area contributed by atoms with E-state index in [9.17, 15) is 4.79 Å². The van der Waals surface area contributed by atoms with Gasteiger partial charge in [-0.2, -0.15) is 11.8 Å². The minimum atomic E-state index is -0.0394. The predicted octanol–water partition coefficient (Wildman–Crippen LogP) is 1.59. The summed E-state index contributed by atoms with van der Waals surface area (Å²) in [4.78, 5) is 18.2. The number of thioether (sulfide) groups is 1. The lowest BCUT2D eigenvalue weighted by atomic mass is 10.2. The van der Waals surface area contributed by atoms with Crippen LogP contribution in [0.2, 0.25) is 0 Å². The third kappa shape index (κ3) is 3.22. The average molecular weight is 198 g/mol. The second-order valence-electron chi connectivity index (χ2n) is 2.87. The molecule has 72 valence electrons. The molecule has 0 aliphatic carbocycles. The summed E-state index contributed by atoms with van der Waals surface area (Å²) in [5, 5.41) is 0. The molecular formula is C9H14N2OS. The fraction of sp³-hybridized carbons (Fsp3) is 0.556. The Kier molecular flexibility index (Phi) is 4.02. The molecule has 0 saturated carbocycles. The smallest absolute Gasteiger partial charge is 0.251 e. The number of aromatic nitrogens is 2. The van der Waals surface area contributed by atoms with E-state index in [1.807, 2.05) is 6.26 Å². The van der Waals surface area contributed by atoms with E-state index < -0.39 is 0 Å². The Labute approximate surface area is 82.0 Å². The largest absolute Gasteiger partial charge is 0.310 e. The predicted molar refractivity (Wildman–Crippen MR) is 56.1 cm³/mol. The van der Waals surface area contributed by atoms with E-state index >= 15 is 0 Å². The monoisotopic (exact) mass is 198 g/mol. The van der Waals surface area contributed by atoms with Crippen LogP contribution in [0.5, 0.6) is 0 Å². The Hall–Kier alpha value is -0.770. The van der Waals surface area contributed by atoms with Gasteiger partial charge in [0, 0.05) is 11.8 Å². The standard InChI is InChI=1S/C9H14N2OS/c1-3-4-7-5-9(12)11-8(10-7)6-13-2/h5H,3-4,6H2,1-2H3,(H,10,11,12). The number of nitrogens with one attached hydrogen (secondary N) is 1. The highest BCUT2D eigenvalue weighted by atomic mass is 32.2. The lowest BCUT2D eigenvalue weighted by Crippen LogP contribution is -2.12. The molecule has 1 N–H and O–H groups in total. The normalized spacial score (nSPS) is 10.3. The van der Waals surface area contributed by atoms with Crippen LogP contribution in [0, 0.1) is 0 Å². The van der Waals surface area contributed by atoms with Crippen molar-refractivity contribution < 1.29 is 0 Å². The van der Waals surface area contributed by atoms with Gasteiger partial charge in [0.05, 0.1) is 5.75 Å². The summed E-state index contributed by atoms with van der Waals surface area (Å²) in [5.41, 5.74) is 0.859. The van der Waals surface area contributed by atoms with Crippen LogP contribution >= 0.6 is 11.8 Å². The van der Waals surface area contributed by atoms with E-state index in [2.05, 4.69) is 16.9 Å². The highest BCUT2D eigenvalue weighted by Gasteiger charge is 1.99.